The van der Waals surface area contributed by atoms with Gasteiger partial charge in [-0.1, -0.05) is 36.4 Å². The summed E-state index contributed by atoms with van der Waals surface area (Å²) in [5.41, 5.74) is 2.59. The van der Waals surface area contributed by atoms with Gasteiger partial charge in [-0.3, -0.25) is 4.98 Å². The van der Waals surface area contributed by atoms with Gasteiger partial charge in [0.15, 0.2) is 0 Å². The number of nitrogens with zero attached hydrogens (tertiary/aromatic N) is 2. The van der Waals surface area contributed by atoms with Gasteiger partial charge in [-0.05, 0) is 17.7 Å². The highest BCUT2D eigenvalue weighted by atomic mass is 15.2. The maximum atomic E-state index is 4.43. The topological polar surface area (TPSA) is 28.2 Å². The second kappa shape index (κ2) is 6.64. The summed E-state index contributed by atoms with van der Waals surface area (Å²) in [6.07, 6.45) is 1.89. The molecule has 0 bridgehead atoms. The van der Waals surface area contributed by atoms with Crippen LogP contribution in [0.2, 0.25) is 0 Å². The van der Waals surface area contributed by atoms with Gasteiger partial charge in [-0.25, -0.2) is 0 Å². The van der Waals surface area contributed by atoms with Crippen molar-refractivity contribution in [3.8, 4) is 0 Å². The normalized spacial score (nSPS) is 16.0. The van der Waals surface area contributed by atoms with Crippen molar-refractivity contribution in [2.24, 2.45) is 0 Å². The van der Waals surface area contributed by atoms with Crippen LogP contribution < -0.4 is 5.32 Å². The summed E-state index contributed by atoms with van der Waals surface area (Å²) in [6, 6.07) is 16.7. The van der Waals surface area contributed by atoms with Crippen LogP contribution in [0.15, 0.2) is 54.7 Å². The zero-order valence-corrected chi connectivity index (χ0v) is 11.7. The van der Waals surface area contributed by atoms with Crippen molar-refractivity contribution in [3.05, 3.63) is 66.0 Å². The molecular formula is C17H21N3. The molecule has 3 rings (SSSR count). The minimum atomic E-state index is 0.630. The van der Waals surface area contributed by atoms with Gasteiger partial charge in [0.1, 0.15) is 0 Å². The number of rotatable bonds is 6. The Kier molecular flexibility index (Phi) is 4.41. The van der Waals surface area contributed by atoms with Crippen LogP contribution in [0.3, 0.4) is 0 Å². The molecule has 1 saturated heterocycles. The van der Waals surface area contributed by atoms with Crippen LogP contribution in [-0.4, -0.2) is 36.1 Å². The minimum Gasteiger partial charge on any atom is -0.311 e. The standard InChI is InChI=1S/C17H21N3/c1-2-6-15(7-3-1)12-18-10-11-20-13-16(14-20)17-8-4-5-9-19-17/h1-9,16,18H,10-14H2. The van der Waals surface area contributed by atoms with E-state index >= 15 is 0 Å². The largest absolute Gasteiger partial charge is 0.311 e. The second-order valence-electron chi connectivity index (χ2n) is 5.37. The third kappa shape index (κ3) is 3.44. The summed E-state index contributed by atoms with van der Waals surface area (Å²) in [5.74, 6) is 0.630. The van der Waals surface area contributed by atoms with Crippen LogP contribution in [0.5, 0.6) is 0 Å². The summed E-state index contributed by atoms with van der Waals surface area (Å²) in [7, 11) is 0. The lowest BCUT2D eigenvalue weighted by Gasteiger charge is -2.39. The third-order valence-electron chi connectivity index (χ3n) is 3.84. The van der Waals surface area contributed by atoms with E-state index in [1.54, 1.807) is 0 Å². The number of hydrogen-bond acceptors (Lipinski definition) is 3. The van der Waals surface area contributed by atoms with Crippen LogP contribution in [0.4, 0.5) is 0 Å². The molecule has 1 N–H and O–H groups in total. The van der Waals surface area contributed by atoms with E-state index in [1.807, 2.05) is 12.3 Å². The fraction of sp³-hybridized carbons (Fsp3) is 0.353. The number of likely N-dealkylation sites (tertiary alicyclic amines) is 1. The molecule has 2 heterocycles. The molecule has 1 aliphatic rings. The first-order chi connectivity index (χ1) is 9.92. The number of hydrogen-bond donors (Lipinski definition) is 1. The molecule has 0 aliphatic carbocycles. The first kappa shape index (κ1) is 13.3. The quantitative estimate of drug-likeness (QED) is 0.814. The van der Waals surface area contributed by atoms with Gasteiger partial charge in [-0.15, -0.1) is 0 Å². The van der Waals surface area contributed by atoms with E-state index < -0.39 is 0 Å². The van der Waals surface area contributed by atoms with E-state index in [9.17, 15) is 0 Å². The Hall–Kier alpha value is -1.71. The molecule has 2 aromatic rings. The van der Waals surface area contributed by atoms with Gasteiger partial charge in [-0.2, -0.15) is 0 Å². The third-order valence-corrected chi connectivity index (χ3v) is 3.84. The van der Waals surface area contributed by atoms with E-state index in [-0.39, 0.29) is 0 Å². The molecular weight excluding hydrogens is 246 g/mol. The summed E-state index contributed by atoms with van der Waals surface area (Å²) in [5, 5.41) is 3.50. The lowest BCUT2D eigenvalue weighted by molar-refractivity contribution is 0.147. The van der Waals surface area contributed by atoms with Crippen LogP contribution in [0.1, 0.15) is 17.2 Å². The van der Waals surface area contributed by atoms with Crippen molar-refractivity contribution in [1.82, 2.24) is 15.2 Å². The lowest BCUT2D eigenvalue weighted by atomic mass is 9.96. The molecule has 0 unspecified atom stereocenters. The monoisotopic (exact) mass is 267 g/mol. The van der Waals surface area contributed by atoms with Crippen molar-refractivity contribution in [1.29, 1.82) is 0 Å². The Morgan fingerprint density at radius 3 is 2.60 bits per heavy atom. The highest BCUT2D eigenvalue weighted by Gasteiger charge is 2.27. The first-order valence-electron chi connectivity index (χ1n) is 7.30. The van der Waals surface area contributed by atoms with Gasteiger partial charge in [0, 0.05) is 50.5 Å². The van der Waals surface area contributed by atoms with Crippen molar-refractivity contribution < 1.29 is 0 Å². The molecule has 1 aromatic heterocycles. The first-order valence-corrected chi connectivity index (χ1v) is 7.30. The smallest absolute Gasteiger partial charge is 0.0460 e. The van der Waals surface area contributed by atoms with Gasteiger partial charge < -0.3 is 10.2 Å². The van der Waals surface area contributed by atoms with Crippen molar-refractivity contribution in [2.75, 3.05) is 26.2 Å². The number of benzene rings is 1. The van der Waals surface area contributed by atoms with Crippen molar-refractivity contribution in [3.63, 3.8) is 0 Å². The summed E-state index contributed by atoms with van der Waals surface area (Å²) in [4.78, 5) is 6.91. The van der Waals surface area contributed by atoms with Crippen LogP contribution in [0.25, 0.3) is 0 Å². The fourth-order valence-corrected chi connectivity index (χ4v) is 2.62. The van der Waals surface area contributed by atoms with Gasteiger partial charge >= 0.3 is 0 Å². The average Bonchev–Trinajstić information content (AvgIpc) is 2.47. The molecule has 0 saturated carbocycles. The van der Waals surface area contributed by atoms with Gasteiger partial charge in [0.05, 0.1) is 0 Å². The van der Waals surface area contributed by atoms with Crippen LogP contribution in [-0.2, 0) is 6.54 Å². The Labute approximate surface area is 120 Å². The Balaban J connectivity index is 1.32. The zero-order valence-electron chi connectivity index (χ0n) is 11.7. The average molecular weight is 267 g/mol. The van der Waals surface area contributed by atoms with Crippen LogP contribution >= 0.6 is 0 Å². The lowest BCUT2D eigenvalue weighted by Crippen LogP contribution is -2.47. The molecule has 20 heavy (non-hydrogen) atoms. The van der Waals surface area contributed by atoms with Crippen LogP contribution in [0, 0.1) is 0 Å². The van der Waals surface area contributed by atoms with E-state index in [0.29, 0.717) is 5.92 Å². The number of pyridine rings is 1. The van der Waals surface area contributed by atoms with E-state index in [4.69, 9.17) is 0 Å². The Morgan fingerprint density at radius 1 is 1.05 bits per heavy atom. The molecule has 3 nitrogen and oxygen atoms in total. The molecule has 0 amide bonds. The molecule has 1 aliphatic heterocycles. The van der Waals surface area contributed by atoms with E-state index in [2.05, 4.69) is 57.7 Å². The maximum absolute atomic E-state index is 4.43. The van der Waals surface area contributed by atoms with E-state index in [0.717, 1.165) is 32.7 Å². The maximum Gasteiger partial charge on any atom is 0.0460 e. The molecule has 0 spiro atoms. The van der Waals surface area contributed by atoms with Gasteiger partial charge in [0.2, 0.25) is 0 Å². The number of aromatic nitrogens is 1. The summed E-state index contributed by atoms with van der Waals surface area (Å²) < 4.78 is 0. The highest BCUT2D eigenvalue weighted by molar-refractivity contribution is 5.15. The summed E-state index contributed by atoms with van der Waals surface area (Å²) in [6.45, 7) is 5.41. The SMILES string of the molecule is c1ccc(CNCCN2CC(c3ccccn3)C2)cc1. The van der Waals surface area contributed by atoms with E-state index in [1.165, 1.54) is 11.3 Å². The molecule has 0 radical (unpaired) electrons. The molecule has 0 atom stereocenters. The molecule has 1 aromatic carbocycles. The Morgan fingerprint density at radius 2 is 1.85 bits per heavy atom. The number of nitrogens with one attached hydrogen (secondary N) is 1. The summed E-state index contributed by atoms with van der Waals surface area (Å²) >= 11 is 0. The van der Waals surface area contributed by atoms with Gasteiger partial charge in [0.25, 0.3) is 0 Å². The zero-order chi connectivity index (χ0) is 13.6. The Bertz CT molecular complexity index is 506. The predicted molar refractivity (Wildman–Crippen MR) is 81.6 cm³/mol. The second-order valence-corrected chi connectivity index (χ2v) is 5.37. The highest BCUT2D eigenvalue weighted by Crippen LogP contribution is 2.24. The molecule has 1 fully saturated rings. The van der Waals surface area contributed by atoms with Crippen molar-refractivity contribution in [2.45, 2.75) is 12.5 Å². The fourth-order valence-electron chi connectivity index (χ4n) is 2.62. The molecule has 104 valence electrons. The minimum absolute atomic E-state index is 0.630. The molecule has 3 heteroatoms. The van der Waals surface area contributed by atoms with Crippen molar-refractivity contribution >= 4 is 0 Å². The predicted octanol–water partition coefficient (Wildman–Crippen LogP) is 2.27.